The number of guanidine groups is 1. The summed E-state index contributed by atoms with van der Waals surface area (Å²) in [5, 5.41) is 6.83. The third kappa shape index (κ3) is 9.73. The molecule has 0 aromatic heterocycles. The average molecular weight is 473 g/mol. The number of rotatable bonds is 8. The third-order valence-electron chi connectivity index (χ3n) is 4.61. The quantitative estimate of drug-likeness (QED) is 0.264. The molecular formula is C20H36IN5. The molecule has 0 aliphatic carbocycles. The molecular weight excluding hydrogens is 437 g/mol. The smallest absolute Gasteiger partial charge is 0.191 e. The SMILES string of the molecule is CCNC(=NCCCc1ccccc1)NCCN1CCCN(C)CC1.I. The van der Waals surface area contributed by atoms with Crippen molar-refractivity contribution in [1.29, 1.82) is 0 Å². The Hall–Kier alpha value is -0.860. The molecule has 2 N–H and O–H groups in total. The molecule has 148 valence electrons. The fourth-order valence-corrected chi connectivity index (χ4v) is 3.12. The standard InChI is InChI=1S/C20H35N5.HI/c1-3-21-20(22-12-7-11-19-9-5-4-6-10-19)23-13-16-25-15-8-14-24(2)17-18-25;/h4-6,9-10H,3,7-8,11-18H2,1-2H3,(H2,21,22,23);1H. The fourth-order valence-electron chi connectivity index (χ4n) is 3.12. The van der Waals surface area contributed by atoms with Crippen LogP contribution < -0.4 is 10.6 Å². The Bertz CT molecular complexity index is 494. The van der Waals surface area contributed by atoms with Gasteiger partial charge in [0, 0.05) is 39.3 Å². The largest absolute Gasteiger partial charge is 0.357 e. The van der Waals surface area contributed by atoms with Crippen molar-refractivity contribution < 1.29 is 0 Å². The van der Waals surface area contributed by atoms with E-state index in [1.165, 1.54) is 38.2 Å². The Morgan fingerprint density at radius 3 is 2.65 bits per heavy atom. The highest BCUT2D eigenvalue weighted by Crippen LogP contribution is 2.02. The van der Waals surface area contributed by atoms with Crippen molar-refractivity contribution in [2.75, 3.05) is 59.4 Å². The summed E-state index contributed by atoms with van der Waals surface area (Å²) in [7, 11) is 2.22. The van der Waals surface area contributed by atoms with Crippen LogP contribution in [0, 0.1) is 0 Å². The van der Waals surface area contributed by atoms with E-state index in [2.05, 4.69) is 64.7 Å². The van der Waals surface area contributed by atoms with E-state index in [0.717, 1.165) is 45.0 Å². The fraction of sp³-hybridized carbons (Fsp3) is 0.650. The summed E-state index contributed by atoms with van der Waals surface area (Å²) in [5.41, 5.74) is 1.39. The minimum absolute atomic E-state index is 0. The Morgan fingerprint density at radius 2 is 1.88 bits per heavy atom. The molecule has 6 heteroatoms. The molecule has 0 saturated carbocycles. The minimum Gasteiger partial charge on any atom is -0.357 e. The highest BCUT2D eigenvalue weighted by Gasteiger charge is 2.11. The first-order valence-corrected chi connectivity index (χ1v) is 9.75. The highest BCUT2D eigenvalue weighted by atomic mass is 127. The van der Waals surface area contributed by atoms with Gasteiger partial charge < -0.3 is 20.4 Å². The van der Waals surface area contributed by atoms with Gasteiger partial charge in [-0.1, -0.05) is 30.3 Å². The zero-order valence-electron chi connectivity index (χ0n) is 16.4. The minimum atomic E-state index is 0. The molecule has 0 atom stereocenters. The first-order chi connectivity index (χ1) is 12.3. The molecule has 1 fully saturated rings. The lowest BCUT2D eigenvalue weighted by molar-refractivity contribution is 0.280. The van der Waals surface area contributed by atoms with Crippen molar-refractivity contribution in [1.82, 2.24) is 20.4 Å². The van der Waals surface area contributed by atoms with Crippen LogP contribution >= 0.6 is 24.0 Å². The first-order valence-electron chi connectivity index (χ1n) is 9.75. The van der Waals surface area contributed by atoms with Gasteiger partial charge in [-0.2, -0.15) is 0 Å². The molecule has 1 saturated heterocycles. The second-order valence-corrected chi connectivity index (χ2v) is 6.78. The molecule has 5 nitrogen and oxygen atoms in total. The molecule has 0 amide bonds. The molecule has 26 heavy (non-hydrogen) atoms. The molecule has 1 aromatic rings. The lowest BCUT2D eigenvalue weighted by Gasteiger charge is -2.21. The van der Waals surface area contributed by atoms with E-state index in [1.807, 2.05) is 0 Å². The molecule has 0 unspecified atom stereocenters. The van der Waals surface area contributed by atoms with Crippen molar-refractivity contribution in [3.63, 3.8) is 0 Å². The van der Waals surface area contributed by atoms with Gasteiger partial charge in [-0.3, -0.25) is 4.99 Å². The zero-order valence-corrected chi connectivity index (χ0v) is 18.7. The second-order valence-electron chi connectivity index (χ2n) is 6.78. The predicted molar refractivity (Wildman–Crippen MR) is 123 cm³/mol. The van der Waals surface area contributed by atoms with Gasteiger partial charge in [0.05, 0.1) is 0 Å². The van der Waals surface area contributed by atoms with E-state index < -0.39 is 0 Å². The molecule has 0 radical (unpaired) electrons. The van der Waals surface area contributed by atoms with Crippen LogP contribution in [0.1, 0.15) is 25.3 Å². The van der Waals surface area contributed by atoms with E-state index in [1.54, 1.807) is 0 Å². The summed E-state index contributed by atoms with van der Waals surface area (Å²) in [6.07, 6.45) is 3.44. The summed E-state index contributed by atoms with van der Waals surface area (Å²) in [4.78, 5) is 9.68. The number of benzene rings is 1. The van der Waals surface area contributed by atoms with Gasteiger partial charge in [-0.15, -0.1) is 24.0 Å². The molecule has 0 spiro atoms. The predicted octanol–water partition coefficient (Wildman–Crippen LogP) is 2.43. The number of aliphatic imine (C=N–C) groups is 1. The van der Waals surface area contributed by atoms with E-state index in [4.69, 9.17) is 4.99 Å². The van der Waals surface area contributed by atoms with Crippen LogP contribution in [0.2, 0.25) is 0 Å². The van der Waals surface area contributed by atoms with E-state index in [9.17, 15) is 0 Å². The summed E-state index contributed by atoms with van der Waals surface area (Å²) in [6, 6.07) is 10.6. The van der Waals surface area contributed by atoms with Crippen molar-refractivity contribution in [2.45, 2.75) is 26.2 Å². The molecule has 1 heterocycles. The average Bonchev–Trinajstić information content (AvgIpc) is 2.84. The third-order valence-corrected chi connectivity index (χ3v) is 4.61. The van der Waals surface area contributed by atoms with Crippen LogP contribution in [-0.4, -0.2) is 75.2 Å². The molecule has 1 aliphatic rings. The summed E-state index contributed by atoms with van der Waals surface area (Å²) < 4.78 is 0. The molecule has 1 aromatic carbocycles. The lowest BCUT2D eigenvalue weighted by atomic mass is 10.1. The number of aryl methyl sites for hydroxylation is 1. The van der Waals surface area contributed by atoms with Gasteiger partial charge in [-0.05, 0) is 51.9 Å². The number of halogens is 1. The van der Waals surface area contributed by atoms with Crippen molar-refractivity contribution in [3.05, 3.63) is 35.9 Å². The first kappa shape index (κ1) is 23.2. The maximum Gasteiger partial charge on any atom is 0.191 e. The Labute approximate surface area is 176 Å². The molecule has 2 rings (SSSR count). The maximum atomic E-state index is 4.71. The summed E-state index contributed by atoms with van der Waals surface area (Å²) >= 11 is 0. The van der Waals surface area contributed by atoms with E-state index in [0.29, 0.717) is 0 Å². The molecule has 1 aliphatic heterocycles. The summed E-state index contributed by atoms with van der Waals surface area (Å²) in [6.45, 7) is 10.7. The van der Waals surface area contributed by atoms with Gasteiger partial charge in [-0.25, -0.2) is 0 Å². The summed E-state index contributed by atoms with van der Waals surface area (Å²) in [5.74, 6) is 0.947. The molecule has 0 bridgehead atoms. The number of hydrogen-bond acceptors (Lipinski definition) is 3. The Kier molecular flexibility index (Phi) is 12.7. The lowest BCUT2D eigenvalue weighted by Crippen LogP contribution is -2.42. The van der Waals surface area contributed by atoms with Gasteiger partial charge >= 0.3 is 0 Å². The Balaban J connectivity index is 0.00000338. The zero-order chi connectivity index (χ0) is 17.7. The van der Waals surface area contributed by atoms with Gasteiger partial charge in [0.25, 0.3) is 0 Å². The number of nitrogens with one attached hydrogen (secondary N) is 2. The van der Waals surface area contributed by atoms with Crippen LogP contribution in [0.25, 0.3) is 0 Å². The van der Waals surface area contributed by atoms with Crippen LogP contribution in [0.15, 0.2) is 35.3 Å². The number of nitrogens with zero attached hydrogens (tertiary/aromatic N) is 3. The van der Waals surface area contributed by atoms with Gasteiger partial charge in [0.15, 0.2) is 5.96 Å². The van der Waals surface area contributed by atoms with Crippen molar-refractivity contribution >= 4 is 29.9 Å². The monoisotopic (exact) mass is 473 g/mol. The normalized spacial score (nSPS) is 16.6. The maximum absolute atomic E-state index is 4.71. The van der Waals surface area contributed by atoms with Crippen LogP contribution in [0.3, 0.4) is 0 Å². The number of likely N-dealkylation sites (N-methyl/N-ethyl adjacent to an activating group) is 1. The topological polar surface area (TPSA) is 42.9 Å². The van der Waals surface area contributed by atoms with Gasteiger partial charge in [0.1, 0.15) is 0 Å². The Morgan fingerprint density at radius 1 is 1.08 bits per heavy atom. The van der Waals surface area contributed by atoms with E-state index >= 15 is 0 Å². The second kappa shape index (κ2) is 14.2. The van der Waals surface area contributed by atoms with Crippen LogP contribution in [0.4, 0.5) is 0 Å². The van der Waals surface area contributed by atoms with Gasteiger partial charge in [0.2, 0.25) is 0 Å². The van der Waals surface area contributed by atoms with Crippen LogP contribution in [-0.2, 0) is 6.42 Å². The highest BCUT2D eigenvalue weighted by molar-refractivity contribution is 14.0. The number of hydrogen-bond donors (Lipinski definition) is 2. The van der Waals surface area contributed by atoms with Crippen molar-refractivity contribution in [3.8, 4) is 0 Å². The van der Waals surface area contributed by atoms with Crippen molar-refractivity contribution in [2.24, 2.45) is 4.99 Å². The van der Waals surface area contributed by atoms with Crippen LogP contribution in [0.5, 0.6) is 0 Å². The van der Waals surface area contributed by atoms with E-state index in [-0.39, 0.29) is 24.0 Å².